The van der Waals surface area contributed by atoms with Gasteiger partial charge in [0.15, 0.2) is 0 Å². The Bertz CT molecular complexity index is 564. The summed E-state index contributed by atoms with van der Waals surface area (Å²) in [6.07, 6.45) is 4.47. The van der Waals surface area contributed by atoms with Crippen LogP contribution in [0.2, 0.25) is 0 Å². The van der Waals surface area contributed by atoms with Crippen molar-refractivity contribution >= 4 is 17.8 Å². The minimum absolute atomic E-state index is 0.0817. The van der Waals surface area contributed by atoms with Gasteiger partial charge >= 0.3 is 6.03 Å². The summed E-state index contributed by atoms with van der Waals surface area (Å²) in [5.74, 6) is 0.288. The molecule has 2 atom stereocenters. The number of hydrogen-bond acceptors (Lipinski definition) is 4. The molecule has 2 N–H and O–H groups in total. The van der Waals surface area contributed by atoms with Crippen molar-refractivity contribution in [3.05, 3.63) is 0 Å². The molecular weight excluding hydrogens is 322 g/mol. The fourth-order valence-electron chi connectivity index (χ4n) is 4.23. The summed E-state index contributed by atoms with van der Waals surface area (Å²) < 4.78 is 0. The molecule has 138 valence electrons. The highest BCUT2D eigenvalue weighted by Gasteiger charge is 2.40. The maximum atomic E-state index is 12.6. The zero-order valence-electron chi connectivity index (χ0n) is 14.6. The van der Waals surface area contributed by atoms with Crippen LogP contribution in [0.25, 0.3) is 0 Å². The van der Waals surface area contributed by atoms with Gasteiger partial charge in [0.05, 0.1) is 12.6 Å². The van der Waals surface area contributed by atoms with Crippen LogP contribution in [0.3, 0.4) is 0 Å². The minimum atomic E-state index is -0.0947. The Kier molecular flexibility index (Phi) is 4.54. The Morgan fingerprint density at radius 3 is 2.60 bits per heavy atom. The highest BCUT2D eigenvalue weighted by molar-refractivity contribution is 5.82. The number of likely N-dealkylation sites (tertiary alicyclic amines) is 2. The van der Waals surface area contributed by atoms with Crippen LogP contribution in [-0.4, -0.2) is 89.9 Å². The first-order chi connectivity index (χ1) is 12.1. The second-order valence-corrected chi connectivity index (χ2v) is 7.63. The first-order valence-electron chi connectivity index (χ1n) is 9.47. The standard InChI is InChI=1S/C17H27N5O3/c23-15-8-12(10-22(15)13-3-4-13)19-17(25)20-6-1-2-14(11-20)21-7-5-18-9-16(21)24/h12-14,18H,1-11H2,(H,19,25). The van der Waals surface area contributed by atoms with Crippen LogP contribution in [0.4, 0.5) is 4.79 Å². The number of piperazine rings is 1. The molecule has 4 rings (SSSR count). The van der Waals surface area contributed by atoms with Gasteiger partial charge in [-0.3, -0.25) is 9.59 Å². The third-order valence-electron chi connectivity index (χ3n) is 5.72. The molecule has 3 saturated heterocycles. The monoisotopic (exact) mass is 349 g/mol. The largest absolute Gasteiger partial charge is 0.338 e. The number of nitrogens with zero attached hydrogens (tertiary/aromatic N) is 3. The maximum Gasteiger partial charge on any atom is 0.317 e. The first-order valence-corrected chi connectivity index (χ1v) is 9.47. The number of carbonyl (C=O) groups is 3. The molecule has 2 unspecified atom stereocenters. The Labute approximate surface area is 147 Å². The number of urea groups is 1. The second-order valence-electron chi connectivity index (χ2n) is 7.63. The van der Waals surface area contributed by atoms with Crippen LogP contribution >= 0.6 is 0 Å². The van der Waals surface area contributed by atoms with Crippen molar-refractivity contribution in [3.63, 3.8) is 0 Å². The van der Waals surface area contributed by atoms with Crippen molar-refractivity contribution in [1.82, 2.24) is 25.3 Å². The molecule has 0 radical (unpaired) electrons. The van der Waals surface area contributed by atoms with Crippen molar-refractivity contribution in [3.8, 4) is 0 Å². The van der Waals surface area contributed by atoms with Crippen molar-refractivity contribution in [2.24, 2.45) is 0 Å². The van der Waals surface area contributed by atoms with Crippen LogP contribution in [-0.2, 0) is 9.59 Å². The Balaban J connectivity index is 1.31. The molecule has 8 heteroatoms. The Morgan fingerprint density at radius 2 is 1.84 bits per heavy atom. The molecule has 0 aromatic heterocycles. The summed E-state index contributed by atoms with van der Waals surface area (Å²) in [6.45, 7) is 3.87. The van der Waals surface area contributed by atoms with E-state index in [9.17, 15) is 14.4 Å². The molecule has 25 heavy (non-hydrogen) atoms. The maximum absolute atomic E-state index is 12.6. The molecule has 0 spiro atoms. The lowest BCUT2D eigenvalue weighted by atomic mass is 10.0. The van der Waals surface area contributed by atoms with E-state index < -0.39 is 0 Å². The molecule has 4 aliphatic rings. The topological polar surface area (TPSA) is 85.0 Å². The molecule has 4 amide bonds. The number of hydrogen-bond donors (Lipinski definition) is 2. The summed E-state index contributed by atoms with van der Waals surface area (Å²) in [5.41, 5.74) is 0. The van der Waals surface area contributed by atoms with Gasteiger partial charge in [-0.2, -0.15) is 0 Å². The van der Waals surface area contributed by atoms with Gasteiger partial charge in [-0.15, -0.1) is 0 Å². The molecule has 1 aliphatic carbocycles. The van der Waals surface area contributed by atoms with Gasteiger partial charge < -0.3 is 25.3 Å². The van der Waals surface area contributed by atoms with Crippen LogP contribution < -0.4 is 10.6 Å². The lowest BCUT2D eigenvalue weighted by Crippen LogP contribution is -2.59. The van der Waals surface area contributed by atoms with E-state index in [1.807, 2.05) is 14.7 Å². The van der Waals surface area contributed by atoms with Crippen molar-refractivity contribution in [1.29, 1.82) is 0 Å². The third-order valence-corrected chi connectivity index (χ3v) is 5.72. The average Bonchev–Trinajstić information content (AvgIpc) is 3.39. The number of amides is 4. The molecule has 0 aromatic carbocycles. The number of rotatable bonds is 3. The van der Waals surface area contributed by atoms with E-state index in [1.165, 1.54) is 0 Å². The van der Waals surface area contributed by atoms with Crippen LogP contribution in [0.15, 0.2) is 0 Å². The average molecular weight is 349 g/mol. The molecule has 3 heterocycles. The first kappa shape index (κ1) is 16.6. The molecule has 0 bridgehead atoms. The van der Waals surface area contributed by atoms with Gasteiger partial charge in [-0.25, -0.2) is 4.79 Å². The number of nitrogens with one attached hydrogen (secondary N) is 2. The van der Waals surface area contributed by atoms with E-state index in [0.717, 1.165) is 38.8 Å². The quantitative estimate of drug-likeness (QED) is 0.710. The van der Waals surface area contributed by atoms with Gasteiger partial charge in [-0.05, 0) is 25.7 Å². The van der Waals surface area contributed by atoms with Gasteiger partial charge in [0, 0.05) is 51.2 Å². The normalized spacial score (nSPS) is 30.8. The summed E-state index contributed by atoms with van der Waals surface area (Å²) in [7, 11) is 0. The van der Waals surface area contributed by atoms with Crippen molar-refractivity contribution < 1.29 is 14.4 Å². The Morgan fingerprint density at radius 1 is 1.00 bits per heavy atom. The van der Waals surface area contributed by atoms with Crippen molar-refractivity contribution in [2.45, 2.75) is 50.2 Å². The van der Waals surface area contributed by atoms with E-state index in [-0.39, 0.29) is 29.9 Å². The van der Waals surface area contributed by atoms with E-state index in [0.29, 0.717) is 38.6 Å². The van der Waals surface area contributed by atoms with E-state index in [1.54, 1.807) is 0 Å². The molecule has 4 fully saturated rings. The van der Waals surface area contributed by atoms with E-state index in [2.05, 4.69) is 10.6 Å². The second kappa shape index (κ2) is 6.82. The molecular formula is C17H27N5O3. The van der Waals surface area contributed by atoms with Gasteiger partial charge in [0.2, 0.25) is 11.8 Å². The number of carbonyl (C=O) groups excluding carboxylic acids is 3. The predicted molar refractivity (Wildman–Crippen MR) is 90.8 cm³/mol. The zero-order valence-corrected chi connectivity index (χ0v) is 14.6. The summed E-state index contributed by atoms with van der Waals surface area (Å²) in [6, 6.07) is 0.347. The van der Waals surface area contributed by atoms with Crippen molar-refractivity contribution in [2.75, 3.05) is 39.3 Å². The zero-order chi connectivity index (χ0) is 17.4. The molecule has 8 nitrogen and oxygen atoms in total. The van der Waals surface area contributed by atoms with Gasteiger partial charge in [0.25, 0.3) is 0 Å². The summed E-state index contributed by atoms with van der Waals surface area (Å²) in [4.78, 5) is 42.4. The Hall–Kier alpha value is -1.83. The summed E-state index contributed by atoms with van der Waals surface area (Å²) in [5, 5.41) is 6.12. The highest BCUT2D eigenvalue weighted by Crippen LogP contribution is 2.30. The third kappa shape index (κ3) is 3.58. The molecule has 0 aromatic rings. The smallest absolute Gasteiger partial charge is 0.317 e. The predicted octanol–water partition coefficient (Wildman–Crippen LogP) is -0.644. The molecule has 1 saturated carbocycles. The van der Waals surface area contributed by atoms with Crippen LogP contribution in [0, 0.1) is 0 Å². The summed E-state index contributed by atoms with van der Waals surface area (Å²) >= 11 is 0. The highest BCUT2D eigenvalue weighted by atomic mass is 16.2. The van der Waals surface area contributed by atoms with Gasteiger partial charge in [0.1, 0.15) is 0 Å². The van der Waals surface area contributed by atoms with Crippen LogP contribution in [0.1, 0.15) is 32.1 Å². The lowest BCUT2D eigenvalue weighted by molar-refractivity contribution is -0.135. The SMILES string of the molecule is O=C(NC1CC(=O)N(C2CC2)C1)N1CCCC(N2CCNCC2=O)C1. The minimum Gasteiger partial charge on any atom is -0.338 e. The van der Waals surface area contributed by atoms with E-state index >= 15 is 0 Å². The fraction of sp³-hybridized carbons (Fsp3) is 0.824. The van der Waals surface area contributed by atoms with Crippen LogP contribution in [0.5, 0.6) is 0 Å². The lowest BCUT2D eigenvalue weighted by Gasteiger charge is -2.41. The number of piperidine rings is 1. The molecule has 3 aliphatic heterocycles. The van der Waals surface area contributed by atoms with E-state index in [4.69, 9.17) is 0 Å². The fourth-order valence-corrected chi connectivity index (χ4v) is 4.23. The van der Waals surface area contributed by atoms with Gasteiger partial charge in [-0.1, -0.05) is 0 Å².